The van der Waals surface area contributed by atoms with E-state index in [2.05, 4.69) is 26.6 Å². The van der Waals surface area contributed by atoms with Gasteiger partial charge in [-0.05, 0) is 36.2 Å². The summed E-state index contributed by atoms with van der Waals surface area (Å²) in [5, 5.41) is 5.69. The Morgan fingerprint density at radius 2 is 1.71 bits per heavy atom. The molecule has 0 heterocycles. The molecule has 8 heteroatoms. The quantitative estimate of drug-likeness (QED) is 0.557. The van der Waals surface area contributed by atoms with Crippen LogP contribution in [0.1, 0.15) is 25.3 Å². The van der Waals surface area contributed by atoms with Crippen molar-refractivity contribution >= 4 is 56.7 Å². The van der Waals surface area contributed by atoms with Crippen LogP contribution in [0.4, 0.5) is 11.4 Å². The summed E-state index contributed by atoms with van der Waals surface area (Å²) in [7, 11) is 0. The maximum Gasteiger partial charge on any atom is 0.306 e. The molecule has 0 saturated heterocycles. The first-order chi connectivity index (χ1) is 13.4. The Kier molecular flexibility index (Phi) is 8.47. The van der Waals surface area contributed by atoms with E-state index in [-0.39, 0.29) is 18.7 Å². The smallest absolute Gasteiger partial charge is 0.306 e. The van der Waals surface area contributed by atoms with E-state index in [4.69, 9.17) is 16.3 Å². The van der Waals surface area contributed by atoms with Gasteiger partial charge < -0.3 is 15.4 Å². The van der Waals surface area contributed by atoms with Crippen molar-refractivity contribution in [2.45, 2.75) is 26.2 Å². The van der Waals surface area contributed by atoms with Gasteiger partial charge in [-0.25, -0.2) is 0 Å². The Hall–Kier alpha value is -2.38. The topological polar surface area (TPSA) is 84.5 Å². The van der Waals surface area contributed by atoms with Gasteiger partial charge in [0.2, 0.25) is 5.91 Å². The second-order valence-electron chi connectivity index (χ2n) is 5.89. The third-order valence-electron chi connectivity index (χ3n) is 3.80. The van der Waals surface area contributed by atoms with Gasteiger partial charge in [-0.3, -0.25) is 14.4 Å². The molecular formula is C20H20BrClN2O4. The molecule has 0 aliphatic heterocycles. The van der Waals surface area contributed by atoms with Gasteiger partial charge in [-0.2, -0.15) is 0 Å². The van der Waals surface area contributed by atoms with Crippen LogP contribution in [-0.2, 0) is 25.5 Å². The van der Waals surface area contributed by atoms with Crippen LogP contribution in [0.5, 0.6) is 0 Å². The molecule has 148 valence electrons. The predicted octanol–water partition coefficient (Wildman–Crippen LogP) is 4.57. The zero-order valence-corrected chi connectivity index (χ0v) is 17.6. The molecule has 0 aromatic heterocycles. The van der Waals surface area contributed by atoms with E-state index >= 15 is 0 Å². The summed E-state index contributed by atoms with van der Waals surface area (Å²) < 4.78 is 5.68. The van der Waals surface area contributed by atoms with Crippen LogP contribution in [-0.4, -0.2) is 24.4 Å². The molecule has 2 aromatic rings. The SMILES string of the molecule is CCc1ccccc1NC(=O)CCC(=O)OCC(=O)Nc1ccc(Br)cc1Cl. The van der Waals surface area contributed by atoms with Crippen molar-refractivity contribution in [3.05, 3.63) is 57.5 Å². The summed E-state index contributed by atoms with van der Waals surface area (Å²) in [6.45, 7) is 1.54. The van der Waals surface area contributed by atoms with Crippen molar-refractivity contribution in [2.75, 3.05) is 17.2 Å². The maximum atomic E-state index is 12.0. The summed E-state index contributed by atoms with van der Waals surface area (Å²) in [6.07, 6.45) is 0.638. The number of para-hydroxylation sites is 1. The summed E-state index contributed by atoms with van der Waals surface area (Å²) in [4.78, 5) is 35.7. The Balaban J connectivity index is 1.73. The highest BCUT2D eigenvalue weighted by Crippen LogP contribution is 2.25. The number of esters is 1. The predicted molar refractivity (Wildman–Crippen MR) is 112 cm³/mol. The van der Waals surface area contributed by atoms with Crippen molar-refractivity contribution in [1.29, 1.82) is 0 Å². The number of carbonyl (C=O) groups excluding carboxylic acids is 3. The van der Waals surface area contributed by atoms with Crippen LogP contribution in [0.3, 0.4) is 0 Å². The largest absolute Gasteiger partial charge is 0.456 e. The van der Waals surface area contributed by atoms with Crippen molar-refractivity contribution in [3.63, 3.8) is 0 Å². The fourth-order valence-corrected chi connectivity index (χ4v) is 3.09. The van der Waals surface area contributed by atoms with Gasteiger partial charge >= 0.3 is 5.97 Å². The Morgan fingerprint density at radius 1 is 1.00 bits per heavy atom. The second-order valence-corrected chi connectivity index (χ2v) is 7.21. The molecule has 0 aliphatic carbocycles. The van der Waals surface area contributed by atoms with Gasteiger partial charge in [-0.15, -0.1) is 0 Å². The van der Waals surface area contributed by atoms with E-state index in [0.717, 1.165) is 22.1 Å². The minimum absolute atomic E-state index is 0.0307. The lowest BCUT2D eigenvalue weighted by Crippen LogP contribution is -2.22. The van der Waals surface area contributed by atoms with Crippen molar-refractivity contribution in [2.24, 2.45) is 0 Å². The molecule has 28 heavy (non-hydrogen) atoms. The van der Waals surface area contributed by atoms with Crippen molar-refractivity contribution in [3.8, 4) is 0 Å². The van der Waals surface area contributed by atoms with Crippen LogP contribution in [0, 0.1) is 0 Å². The first kappa shape index (κ1) is 21.9. The van der Waals surface area contributed by atoms with Crippen LogP contribution in [0.15, 0.2) is 46.9 Å². The first-order valence-corrected chi connectivity index (χ1v) is 9.84. The number of benzene rings is 2. The number of anilines is 2. The number of amides is 2. The van der Waals surface area contributed by atoms with Crippen molar-refractivity contribution in [1.82, 2.24) is 0 Å². The number of rotatable bonds is 8. The molecule has 2 amide bonds. The Bertz CT molecular complexity index is 873. The van der Waals surface area contributed by atoms with Gasteiger partial charge in [0, 0.05) is 16.6 Å². The van der Waals surface area contributed by atoms with E-state index < -0.39 is 18.5 Å². The van der Waals surface area contributed by atoms with E-state index in [9.17, 15) is 14.4 Å². The molecular weight excluding hydrogens is 448 g/mol. The highest BCUT2D eigenvalue weighted by molar-refractivity contribution is 9.10. The van der Waals surface area contributed by atoms with E-state index in [1.54, 1.807) is 18.2 Å². The number of aryl methyl sites for hydroxylation is 1. The van der Waals surface area contributed by atoms with Crippen LogP contribution in [0.2, 0.25) is 5.02 Å². The molecule has 0 radical (unpaired) electrons. The average molecular weight is 468 g/mol. The zero-order valence-electron chi connectivity index (χ0n) is 15.3. The number of halogens is 2. The number of hydrogen-bond donors (Lipinski definition) is 2. The molecule has 2 N–H and O–H groups in total. The third kappa shape index (κ3) is 6.98. The normalized spacial score (nSPS) is 10.2. The van der Waals surface area contributed by atoms with E-state index in [1.807, 2.05) is 31.2 Å². The summed E-state index contributed by atoms with van der Waals surface area (Å²) in [5.41, 5.74) is 2.16. The van der Waals surface area contributed by atoms with Crippen molar-refractivity contribution < 1.29 is 19.1 Å². The number of carbonyl (C=O) groups is 3. The Morgan fingerprint density at radius 3 is 2.43 bits per heavy atom. The molecule has 0 aliphatic rings. The van der Waals surface area contributed by atoms with Gasteiger partial charge in [0.1, 0.15) is 0 Å². The minimum atomic E-state index is -0.629. The van der Waals surface area contributed by atoms with Crippen LogP contribution < -0.4 is 10.6 Å². The average Bonchev–Trinajstić information content (AvgIpc) is 2.67. The number of hydrogen-bond acceptors (Lipinski definition) is 4. The number of ether oxygens (including phenoxy) is 1. The molecule has 0 saturated carbocycles. The summed E-state index contributed by atoms with van der Waals surface area (Å²) in [5.74, 6) is -1.43. The zero-order chi connectivity index (χ0) is 20.5. The molecule has 0 unspecified atom stereocenters. The summed E-state index contributed by atoms with van der Waals surface area (Å²) in [6, 6.07) is 12.5. The molecule has 0 bridgehead atoms. The van der Waals surface area contributed by atoms with Gasteiger partial charge in [0.15, 0.2) is 6.61 Å². The molecule has 0 spiro atoms. The molecule has 2 rings (SSSR count). The number of nitrogens with one attached hydrogen (secondary N) is 2. The highest BCUT2D eigenvalue weighted by atomic mass is 79.9. The van der Waals surface area contributed by atoms with E-state index in [1.165, 1.54) is 0 Å². The Labute approximate surface area is 176 Å². The van der Waals surface area contributed by atoms with Gasteiger partial charge in [-0.1, -0.05) is 52.7 Å². The standard InChI is InChI=1S/C20H20BrClN2O4/c1-2-13-5-3-4-6-16(13)23-18(25)9-10-20(27)28-12-19(26)24-17-8-7-14(21)11-15(17)22/h3-8,11H,2,9-10,12H2,1H3,(H,23,25)(H,24,26). The molecule has 6 nitrogen and oxygen atoms in total. The lowest BCUT2D eigenvalue weighted by atomic mass is 10.1. The van der Waals surface area contributed by atoms with Crippen LogP contribution in [0.25, 0.3) is 0 Å². The van der Waals surface area contributed by atoms with Crippen LogP contribution >= 0.6 is 27.5 Å². The third-order valence-corrected chi connectivity index (χ3v) is 4.60. The minimum Gasteiger partial charge on any atom is -0.456 e. The first-order valence-electron chi connectivity index (χ1n) is 8.67. The lowest BCUT2D eigenvalue weighted by molar-refractivity contribution is -0.147. The fraction of sp³-hybridized carbons (Fsp3) is 0.250. The van der Waals surface area contributed by atoms with Gasteiger partial charge in [0.05, 0.1) is 17.1 Å². The molecule has 0 fully saturated rings. The second kappa shape index (κ2) is 10.8. The summed E-state index contributed by atoms with van der Waals surface area (Å²) >= 11 is 9.28. The monoisotopic (exact) mass is 466 g/mol. The maximum absolute atomic E-state index is 12.0. The van der Waals surface area contributed by atoms with Gasteiger partial charge in [0.25, 0.3) is 5.91 Å². The van der Waals surface area contributed by atoms with E-state index in [0.29, 0.717) is 10.7 Å². The molecule has 0 atom stereocenters. The fourth-order valence-electron chi connectivity index (χ4n) is 2.37. The molecule has 2 aromatic carbocycles. The highest BCUT2D eigenvalue weighted by Gasteiger charge is 2.12. The lowest BCUT2D eigenvalue weighted by Gasteiger charge is -2.10.